The van der Waals surface area contributed by atoms with Crippen LogP contribution in [0.2, 0.25) is 0 Å². The zero-order chi connectivity index (χ0) is 15.4. The van der Waals surface area contributed by atoms with Gasteiger partial charge in [0, 0.05) is 6.07 Å². The number of hydrogen-bond acceptors (Lipinski definition) is 2. The lowest BCUT2D eigenvalue weighted by molar-refractivity contribution is 0.00771. The van der Waals surface area contributed by atoms with E-state index in [0.717, 1.165) is 5.56 Å². The van der Waals surface area contributed by atoms with E-state index in [9.17, 15) is 9.50 Å². The molecule has 2 atom stereocenters. The normalized spacial score (nSPS) is 14.0. The Morgan fingerprint density at radius 3 is 2.29 bits per heavy atom. The highest BCUT2D eigenvalue weighted by Crippen LogP contribution is 2.27. The lowest BCUT2D eigenvalue weighted by Crippen LogP contribution is -2.30. The van der Waals surface area contributed by atoms with E-state index < -0.39 is 12.2 Å². The van der Waals surface area contributed by atoms with Crippen molar-refractivity contribution in [3.05, 3.63) is 65.5 Å². The summed E-state index contributed by atoms with van der Waals surface area (Å²) < 4.78 is 19.5. The first-order valence-corrected chi connectivity index (χ1v) is 7.15. The van der Waals surface area contributed by atoms with Gasteiger partial charge in [0.15, 0.2) is 0 Å². The first-order valence-electron chi connectivity index (χ1n) is 7.15. The summed E-state index contributed by atoms with van der Waals surface area (Å²) in [5.74, 6) is 0.223. The molecule has 0 aromatic heterocycles. The summed E-state index contributed by atoms with van der Waals surface area (Å²) in [6.45, 7) is 5.65. The smallest absolute Gasteiger partial charge is 0.131 e. The molecule has 0 aliphatic carbocycles. The van der Waals surface area contributed by atoms with Gasteiger partial charge in [0.05, 0.1) is 0 Å². The highest BCUT2D eigenvalue weighted by atomic mass is 19.1. The maximum absolute atomic E-state index is 13.6. The molecule has 2 aromatic rings. The average molecular weight is 288 g/mol. The van der Waals surface area contributed by atoms with Gasteiger partial charge in [0.2, 0.25) is 0 Å². The van der Waals surface area contributed by atoms with Gasteiger partial charge in [-0.2, -0.15) is 0 Å². The maximum Gasteiger partial charge on any atom is 0.131 e. The van der Waals surface area contributed by atoms with Crippen LogP contribution in [0, 0.1) is 18.7 Å². The number of aryl methyl sites for hydroxylation is 1. The number of rotatable bonds is 5. The van der Waals surface area contributed by atoms with Gasteiger partial charge in [-0.25, -0.2) is 4.39 Å². The second-order valence-corrected chi connectivity index (χ2v) is 5.59. The van der Waals surface area contributed by atoms with Gasteiger partial charge in [-0.1, -0.05) is 50.2 Å². The molecule has 0 saturated heterocycles. The Morgan fingerprint density at radius 2 is 1.71 bits per heavy atom. The Balaban J connectivity index is 2.21. The zero-order valence-electron chi connectivity index (χ0n) is 12.6. The van der Waals surface area contributed by atoms with Crippen LogP contribution in [-0.2, 0) is 0 Å². The van der Waals surface area contributed by atoms with Crippen LogP contribution in [0.4, 0.5) is 4.39 Å². The van der Waals surface area contributed by atoms with Crippen molar-refractivity contribution in [2.75, 3.05) is 0 Å². The topological polar surface area (TPSA) is 29.5 Å². The summed E-state index contributed by atoms with van der Waals surface area (Å²) >= 11 is 0. The number of aliphatic hydroxyl groups excluding tert-OH is 1. The van der Waals surface area contributed by atoms with E-state index in [1.165, 1.54) is 6.07 Å². The highest BCUT2D eigenvalue weighted by Gasteiger charge is 2.26. The van der Waals surface area contributed by atoms with E-state index in [-0.39, 0.29) is 11.7 Å². The van der Waals surface area contributed by atoms with Crippen molar-refractivity contribution in [1.82, 2.24) is 0 Å². The van der Waals surface area contributed by atoms with E-state index in [1.807, 2.05) is 44.2 Å². The van der Waals surface area contributed by atoms with Crippen molar-refractivity contribution in [3.8, 4) is 5.75 Å². The standard InChI is InChI=1S/C18H21FO2/c1-12(2)18(17(20)14-7-5-4-6-8-14)21-15-10-9-13(3)16(19)11-15/h4-12,17-18,20H,1-3H3. The number of ether oxygens (including phenoxy) is 1. The summed E-state index contributed by atoms with van der Waals surface area (Å²) in [7, 11) is 0. The highest BCUT2D eigenvalue weighted by molar-refractivity contribution is 5.29. The molecule has 0 amide bonds. The summed E-state index contributed by atoms with van der Waals surface area (Å²) in [5.41, 5.74) is 1.37. The van der Waals surface area contributed by atoms with E-state index in [2.05, 4.69) is 0 Å². The van der Waals surface area contributed by atoms with Crippen LogP contribution in [0.25, 0.3) is 0 Å². The molecule has 2 nitrogen and oxygen atoms in total. The minimum atomic E-state index is -0.754. The molecule has 0 aliphatic heterocycles. The molecule has 0 radical (unpaired) electrons. The third kappa shape index (κ3) is 3.82. The lowest BCUT2D eigenvalue weighted by Gasteiger charge is -2.27. The molecule has 0 fully saturated rings. The Labute approximate surface area is 125 Å². The van der Waals surface area contributed by atoms with Gasteiger partial charge in [-0.15, -0.1) is 0 Å². The van der Waals surface area contributed by atoms with Crippen LogP contribution >= 0.6 is 0 Å². The largest absolute Gasteiger partial charge is 0.487 e. The Hall–Kier alpha value is -1.87. The number of aliphatic hydroxyl groups is 1. The van der Waals surface area contributed by atoms with Gasteiger partial charge in [0.1, 0.15) is 23.8 Å². The quantitative estimate of drug-likeness (QED) is 0.890. The fraction of sp³-hybridized carbons (Fsp3) is 0.333. The zero-order valence-corrected chi connectivity index (χ0v) is 12.6. The fourth-order valence-electron chi connectivity index (χ4n) is 2.21. The van der Waals surface area contributed by atoms with Gasteiger partial charge in [-0.3, -0.25) is 0 Å². The molecule has 0 heterocycles. The van der Waals surface area contributed by atoms with Crippen LogP contribution in [0.3, 0.4) is 0 Å². The molecule has 1 N–H and O–H groups in total. The van der Waals surface area contributed by atoms with E-state index in [1.54, 1.807) is 19.1 Å². The second kappa shape index (κ2) is 6.72. The van der Waals surface area contributed by atoms with Crippen LogP contribution in [0.15, 0.2) is 48.5 Å². The summed E-state index contributed by atoms with van der Waals surface area (Å²) in [6, 6.07) is 14.1. The predicted octanol–water partition coefficient (Wildman–Crippen LogP) is 4.27. The van der Waals surface area contributed by atoms with Gasteiger partial charge in [0.25, 0.3) is 0 Å². The predicted molar refractivity (Wildman–Crippen MR) is 81.8 cm³/mol. The number of benzene rings is 2. The Morgan fingerprint density at radius 1 is 1.05 bits per heavy atom. The molecule has 0 saturated carbocycles. The van der Waals surface area contributed by atoms with Crippen molar-refractivity contribution >= 4 is 0 Å². The van der Waals surface area contributed by atoms with Gasteiger partial charge >= 0.3 is 0 Å². The SMILES string of the molecule is Cc1ccc(OC(C(C)C)C(O)c2ccccc2)cc1F. The van der Waals surface area contributed by atoms with E-state index in [4.69, 9.17) is 4.74 Å². The summed E-state index contributed by atoms with van der Waals surface area (Å²) in [4.78, 5) is 0. The van der Waals surface area contributed by atoms with Crippen LogP contribution < -0.4 is 4.74 Å². The van der Waals surface area contributed by atoms with E-state index in [0.29, 0.717) is 11.3 Å². The third-order valence-corrected chi connectivity index (χ3v) is 3.52. The lowest BCUT2D eigenvalue weighted by atomic mass is 9.96. The molecule has 0 spiro atoms. The van der Waals surface area contributed by atoms with Crippen molar-refractivity contribution in [2.45, 2.75) is 33.0 Å². The first kappa shape index (κ1) is 15.5. The van der Waals surface area contributed by atoms with Crippen molar-refractivity contribution in [3.63, 3.8) is 0 Å². The monoisotopic (exact) mass is 288 g/mol. The Bertz CT molecular complexity index is 581. The van der Waals surface area contributed by atoms with Gasteiger partial charge < -0.3 is 9.84 Å². The molecule has 0 aliphatic rings. The van der Waals surface area contributed by atoms with Crippen molar-refractivity contribution in [1.29, 1.82) is 0 Å². The summed E-state index contributed by atoms with van der Waals surface area (Å²) in [6.07, 6.45) is -1.19. The first-order chi connectivity index (χ1) is 9.99. The minimum Gasteiger partial charge on any atom is -0.487 e. The molecular formula is C18H21FO2. The molecule has 21 heavy (non-hydrogen) atoms. The molecule has 0 bridgehead atoms. The fourth-order valence-corrected chi connectivity index (χ4v) is 2.21. The van der Waals surface area contributed by atoms with Crippen LogP contribution in [0.5, 0.6) is 5.75 Å². The van der Waals surface area contributed by atoms with Crippen molar-refractivity contribution < 1.29 is 14.2 Å². The third-order valence-electron chi connectivity index (χ3n) is 3.52. The van der Waals surface area contributed by atoms with E-state index >= 15 is 0 Å². The second-order valence-electron chi connectivity index (χ2n) is 5.59. The molecule has 2 aromatic carbocycles. The van der Waals surface area contributed by atoms with Crippen LogP contribution in [-0.4, -0.2) is 11.2 Å². The van der Waals surface area contributed by atoms with Gasteiger partial charge in [-0.05, 0) is 30.0 Å². The minimum absolute atomic E-state index is 0.0876. The number of hydrogen-bond donors (Lipinski definition) is 1. The van der Waals surface area contributed by atoms with Crippen molar-refractivity contribution in [2.24, 2.45) is 5.92 Å². The maximum atomic E-state index is 13.6. The molecule has 3 heteroatoms. The van der Waals surface area contributed by atoms with Crippen LogP contribution in [0.1, 0.15) is 31.1 Å². The Kier molecular flexibility index (Phi) is 4.97. The molecular weight excluding hydrogens is 267 g/mol. The molecule has 112 valence electrons. The number of halogens is 1. The average Bonchev–Trinajstić information content (AvgIpc) is 2.48. The summed E-state index contributed by atoms with van der Waals surface area (Å²) in [5, 5.41) is 10.5. The molecule has 2 rings (SSSR count). The molecule has 2 unspecified atom stereocenters.